The van der Waals surface area contributed by atoms with Gasteiger partial charge in [0.1, 0.15) is 5.69 Å². The molecule has 1 heterocycles. The van der Waals surface area contributed by atoms with Gasteiger partial charge in [0.05, 0.1) is 17.1 Å². The van der Waals surface area contributed by atoms with Crippen LogP contribution in [0.1, 0.15) is 55.7 Å². The molecule has 0 atom stereocenters. The van der Waals surface area contributed by atoms with E-state index in [0.29, 0.717) is 17.3 Å². The van der Waals surface area contributed by atoms with E-state index in [1.165, 1.54) is 10.2 Å². The molecule has 0 amide bonds. The van der Waals surface area contributed by atoms with Crippen LogP contribution >= 0.6 is 0 Å². The van der Waals surface area contributed by atoms with Crippen LogP contribution in [-0.2, 0) is 17.1 Å². The Hall–Kier alpha value is -2.16. The van der Waals surface area contributed by atoms with Gasteiger partial charge < -0.3 is 0 Å². The van der Waals surface area contributed by atoms with Crippen LogP contribution in [0.4, 0.5) is 14.5 Å². The monoisotopic (exact) mass is 439 g/mol. The second-order valence-corrected chi connectivity index (χ2v) is 10.4. The largest absolute Gasteiger partial charge is 0.296 e. The molecule has 0 saturated heterocycles. The number of nitrogens with one attached hydrogen (secondary N) is 1. The van der Waals surface area contributed by atoms with Crippen LogP contribution in [0.2, 0.25) is 0 Å². The molecule has 2 fully saturated rings. The Bertz CT molecular complexity index is 1110. The van der Waals surface area contributed by atoms with Crippen molar-refractivity contribution >= 4 is 15.7 Å². The van der Waals surface area contributed by atoms with E-state index >= 15 is 0 Å². The third kappa shape index (κ3) is 4.31. The fourth-order valence-corrected chi connectivity index (χ4v) is 5.80. The van der Waals surface area contributed by atoms with Gasteiger partial charge in [-0.05, 0) is 62.1 Å². The molecule has 6 nitrogen and oxygen atoms in total. The van der Waals surface area contributed by atoms with E-state index in [4.69, 9.17) is 0 Å². The Morgan fingerprint density at radius 1 is 1.17 bits per heavy atom. The normalized spacial score (nSPS) is 19.7. The molecule has 164 valence electrons. The van der Waals surface area contributed by atoms with Gasteiger partial charge in [-0.2, -0.15) is 0 Å². The van der Waals surface area contributed by atoms with Crippen LogP contribution in [0.5, 0.6) is 0 Å². The number of alkyl halides is 2. The molecular weight excluding hydrogens is 412 g/mol. The first-order chi connectivity index (χ1) is 14.1. The Kier molecular flexibility index (Phi) is 5.28. The average Bonchev–Trinajstić information content (AvgIpc) is 3.50. The van der Waals surface area contributed by atoms with Crippen LogP contribution in [0.25, 0.3) is 5.69 Å². The minimum atomic E-state index is -3.84. The molecule has 0 radical (unpaired) electrons. The molecule has 2 aromatic rings. The molecule has 0 spiro atoms. The van der Waals surface area contributed by atoms with Crippen LogP contribution in [0.3, 0.4) is 0 Å². The summed E-state index contributed by atoms with van der Waals surface area (Å²) in [6, 6.07) is 7.74. The molecule has 4 rings (SSSR count). The summed E-state index contributed by atoms with van der Waals surface area (Å²) < 4.78 is 57.6. The highest BCUT2D eigenvalue weighted by molar-refractivity contribution is 7.92. The van der Waals surface area contributed by atoms with Gasteiger partial charge in [0, 0.05) is 19.9 Å². The van der Waals surface area contributed by atoms with Crippen LogP contribution in [0, 0.1) is 12.8 Å². The Labute approximate surface area is 174 Å². The number of benzene rings is 1. The summed E-state index contributed by atoms with van der Waals surface area (Å²) in [5.74, 6) is -2.76. The SMILES string of the molecule is Cc1c(NS(=O)(=O)CC2CCC(F)(F)CC2)c(=O)n(-c2cccc(C3CC3)c2)n1C. The molecule has 2 aliphatic carbocycles. The standard InChI is InChI=1S/C21H27F2N3O3S/c1-14-19(24-30(28,29)13-15-8-10-21(22,23)11-9-15)20(27)26(25(14)2)18-5-3-4-17(12-18)16-6-7-16/h3-5,12,15-16,24H,6-11,13H2,1-2H3. The van der Waals surface area contributed by atoms with Gasteiger partial charge in [-0.25, -0.2) is 21.9 Å². The van der Waals surface area contributed by atoms with Crippen molar-refractivity contribution in [2.45, 2.75) is 57.3 Å². The Morgan fingerprint density at radius 3 is 2.47 bits per heavy atom. The van der Waals surface area contributed by atoms with E-state index in [0.717, 1.165) is 12.8 Å². The third-order valence-corrected chi connectivity index (χ3v) is 7.69. The summed E-state index contributed by atoms with van der Waals surface area (Å²) in [6.45, 7) is 1.68. The Balaban J connectivity index is 1.57. The fourth-order valence-electron chi connectivity index (χ4n) is 4.22. The van der Waals surface area contributed by atoms with E-state index in [1.54, 1.807) is 18.7 Å². The number of nitrogens with zero attached hydrogens (tertiary/aromatic N) is 2. The van der Waals surface area contributed by atoms with Crippen molar-refractivity contribution < 1.29 is 17.2 Å². The molecule has 0 bridgehead atoms. The predicted molar refractivity (Wildman–Crippen MR) is 112 cm³/mol. The molecule has 0 unspecified atom stereocenters. The van der Waals surface area contributed by atoms with Gasteiger partial charge in [-0.1, -0.05) is 12.1 Å². The molecule has 0 aliphatic heterocycles. The molecule has 9 heteroatoms. The molecule has 2 aliphatic rings. The average molecular weight is 440 g/mol. The summed E-state index contributed by atoms with van der Waals surface area (Å²) >= 11 is 0. The lowest BCUT2D eigenvalue weighted by atomic mass is 9.88. The predicted octanol–water partition coefficient (Wildman–Crippen LogP) is 3.93. The maximum atomic E-state index is 13.3. The minimum absolute atomic E-state index is 0.00969. The van der Waals surface area contributed by atoms with Crippen molar-refractivity contribution in [3.05, 3.63) is 45.9 Å². The lowest BCUT2D eigenvalue weighted by molar-refractivity contribution is -0.0435. The second kappa shape index (κ2) is 7.51. The van der Waals surface area contributed by atoms with Crippen LogP contribution in [-0.4, -0.2) is 29.5 Å². The number of anilines is 1. The number of hydrogen-bond acceptors (Lipinski definition) is 3. The van der Waals surface area contributed by atoms with Crippen molar-refractivity contribution in [1.82, 2.24) is 9.36 Å². The highest BCUT2D eigenvalue weighted by Gasteiger charge is 2.36. The highest BCUT2D eigenvalue weighted by Crippen LogP contribution is 2.40. The van der Waals surface area contributed by atoms with Crippen molar-refractivity contribution in [3.63, 3.8) is 0 Å². The molecule has 2 saturated carbocycles. The smallest absolute Gasteiger partial charge is 0.283 e. The van der Waals surface area contributed by atoms with Gasteiger partial charge in [0.2, 0.25) is 15.9 Å². The molecule has 30 heavy (non-hydrogen) atoms. The van der Waals surface area contributed by atoms with Gasteiger partial charge in [-0.15, -0.1) is 0 Å². The fraction of sp³-hybridized carbons (Fsp3) is 0.571. The summed E-state index contributed by atoms with van der Waals surface area (Å²) in [5.41, 5.74) is 1.93. The van der Waals surface area contributed by atoms with E-state index < -0.39 is 21.5 Å². The summed E-state index contributed by atoms with van der Waals surface area (Å²) in [7, 11) is -2.13. The summed E-state index contributed by atoms with van der Waals surface area (Å²) in [5, 5.41) is 0. The van der Waals surface area contributed by atoms with E-state index in [2.05, 4.69) is 4.72 Å². The molecule has 1 N–H and O–H groups in total. The number of aromatic nitrogens is 2. The number of halogens is 2. The number of hydrogen-bond donors (Lipinski definition) is 1. The van der Waals surface area contributed by atoms with Gasteiger partial charge in [-0.3, -0.25) is 14.2 Å². The zero-order valence-corrected chi connectivity index (χ0v) is 18.0. The van der Waals surface area contributed by atoms with E-state index in [1.807, 2.05) is 24.3 Å². The van der Waals surface area contributed by atoms with Crippen molar-refractivity contribution in [2.75, 3.05) is 10.5 Å². The van der Waals surface area contributed by atoms with Crippen LogP contribution < -0.4 is 10.3 Å². The molecule has 1 aromatic heterocycles. The lowest BCUT2D eigenvalue weighted by Crippen LogP contribution is -2.31. The van der Waals surface area contributed by atoms with E-state index in [-0.39, 0.29) is 43.0 Å². The quantitative estimate of drug-likeness (QED) is 0.741. The third-order valence-electron chi connectivity index (χ3n) is 6.27. The number of rotatable bonds is 6. The van der Waals surface area contributed by atoms with Gasteiger partial charge >= 0.3 is 0 Å². The van der Waals surface area contributed by atoms with Gasteiger partial charge in [0.25, 0.3) is 5.56 Å². The van der Waals surface area contributed by atoms with Crippen molar-refractivity contribution in [3.8, 4) is 5.69 Å². The number of sulfonamides is 1. The minimum Gasteiger partial charge on any atom is -0.283 e. The van der Waals surface area contributed by atoms with E-state index in [9.17, 15) is 22.0 Å². The van der Waals surface area contributed by atoms with Crippen LogP contribution in [0.15, 0.2) is 29.1 Å². The topological polar surface area (TPSA) is 73.1 Å². The maximum absolute atomic E-state index is 13.3. The zero-order valence-electron chi connectivity index (χ0n) is 17.2. The first kappa shape index (κ1) is 21.1. The molecular formula is C21H27F2N3O3S. The lowest BCUT2D eigenvalue weighted by Gasteiger charge is -2.27. The second-order valence-electron chi connectivity index (χ2n) is 8.65. The maximum Gasteiger partial charge on any atom is 0.296 e. The van der Waals surface area contributed by atoms with Crippen molar-refractivity contribution in [2.24, 2.45) is 13.0 Å². The zero-order chi connectivity index (χ0) is 21.7. The Morgan fingerprint density at radius 2 is 1.83 bits per heavy atom. The molecule has 1 aromatic carbocycles. The summed E-state index contributed by atoms with van der Waals surface area (Å²) in [6.07, 6.45) is 2.04. The summed E-state index contributed by atoms with van der Waals surface area (Å²) in [4.78, 5) is 13.1. The van der Waals surface area contributed by atoms with Gasteiger partial charge in [0.15, 0.2) is 0 Å². The van der Waals surface area contributed by atoms with Crippen molar-refractivity contribution in [1.29, 1.82) is 0 Å². The first-order valence-corrected chi connectivity index (χ1v) is 12.0. The highest BCUT2D eigenvalue weighted by atomic mass is 32.2. The first-order valence-electron chi connectivity index (χ1n) is 10.3.